The first kappa shape index (κ1) is 12.5. The molecule has 1 aliphatic carbocycles. The Morgan fingerprint density at radius 1 is 1.35 bits per heavy atom. The summed E-state index contributed by atoms with van der Waals surface area (Å²) < 4.78 is 26.3. The van der Waals surface area contributed by atoms with E-state index in [4.69, 9.17) is 5.73 Å². The molecule has 2 rings (SSSR count). The van der Waals surface area contributed by atoms with Gasteiger partial charge in [-0.3, -0.25) is 0 Å². The molecule has 1 aromatic carbocycles. The Labute approximate surface area is 101 Å². The van der Waals surface area contributed by atoms with Gasteiger partial charge in [0.05, 0.1) is 0 Å². The minimum Gasteiger partial charge on any atom is -0.327 e. The van der Waals surface area contributed by atoms with Crippen LogP contribution in [0.15, 0.2) is 18.2 Å². The van der Waals surface area contributed by atoms with Crippen LogP contribution in [0.25, 0.3) is 0 Å². The van der Waals surface area contributed by atoms with Crippen LogP contribution in [0, 0.1) is 23.5 Å². The molecule has 1 saturated carbocycles. The molecule has 0 heterocycles. The fourth-order valence-corrected chi connectivity index (χ4v) is 2.90. The standard InChI is InChI=1S/C14H19F2N/c1-9-3-2-4-12(9)14(17)7-10-5-6-11(15)8-13(10)16/h5-6,8-9,12,14H,2-4,7,17H2,1H3. The first-order valence-electron chi connectivity index (χ1n) is 6.27. The topological polar surface area (TPSA) is 26.0 Å². The number of halogens is 2. The van der Waals surface area contributed by atoms with E-state index in [0.717, 1.165) is 12.5 Å². The van der Waals surface area contributed by atoms with Crippen LogP contribution in [0.5, 0.6) is 0 Å². The van der Waals surface area contributed by atoms with Crippen LogP contribution in [0.2, 0.25) is 0 Å². The average molecular weight is 239 g/mol. The Hall–Kier alpha value is -0.960. The van der Waals surface area contributed by atoms with Crippen molar-refractivity contribution < 1.29 is 8.78 Å². The van der Waals surface area contributed by atoms with Crippen molar-refractivity contribution >= 4 is 0 Å². The van der Waals surface area contributed by atoms with E-state index in [1.807, 2.05) is 0 Å². The SMILES string of the molecule is CC1CCCC1C(N)Cc1ccc(F)cc1F. The maximum atomic E-state index is 13.5. The number of nitrogens with two attached hydrogens (primary N) is 1. The van der Waals surface area contributed by atoms with E-state index in [9.17, 15) is 8.78 Å². The van der Waals surface area contributed by atoms with Crippen LogP contribution >= 0.6 is 0 Å². The molecule has 2 N–H and O–H groups in total. The van der Waals surface area contributed by atoms with Crippen molar-refractivity contribution in [3.63, 3.8) is 0 Å². The van der Waals surface area contributed by atoms with Crippen LogP contribution in [0.1, 0.15) is 31.7 Å². The van der Waals surface area contributed by atoms with Crippen molar-refractivity contribution in [1.29, 1.82) is 0 Å². The van der Waals surface area contributed by atoms with E-state index in [0.29, 0.717) is 23.8 Å². The van der Waals surface area contributed by atoms with Gasteiger partial charge in [0.25, 0.3) is 0 Å². The van der Waals surface area contributed by atoms with Crippen molar-refractivity contribution in [1.82, 2.24) is 0 Å². The van der Waals surface area contributed by atoms with Gasteiger partial charge in [-0.1, -0.05) is 25.8 Å². The van der Waals surface area contributed by atoms with Crippen molar-refractivity contribution in [2.45, 2.75) is 38.6 Å². The van der Waals surface area contributed by atoms with Gasteiger partial charge in [-0.15, -0.1) is 0 Å². The van der Waals surface area contributed by atoms with Crippen molar-refractivity contribution in [2.24, 2.45) is 17.6 Å². The highest BCUT2D eigenvalue weighted by atomic mass is 19.1. The molecule has 0 radical (unpaired) electrons. The molecule has 0 aliphatic heterocycles. The number of hydrogen-bond donors (Lipinski definition) is 1. The lowest BCUT2D eigenvalue weighted by atomic mass is 9.87. The molecule has 0 spiro atoms. The summed E-state index contributed by atoms with van der Waals surface area (Å²) in [7, 11) is 0. The van der Waals surface area contributed by atoms with Crippen molar-refractivity contribution in [3.8, 4) is 0 Å². The monoisotopic (exact) mass is 239 g/mol. The second kappa shape index (κ2) is 5.13. The largest absolute Gasteiger partial charge is 0.327 e. The minimum absolute atomic E-state index is 0.0209. The zero-order valence-electron chi connectivity index (χ0n) is 10.1. The van der Waals surface area contributed by atoms with Gasteiger partial charge in [0.2, 0.25) is 0 Å². The first-order valence-corrected chi connectivity index (χ1v) is 6.27. The van der Waals surface area contributed by atoms with Crippen LogP contribution in [0.3, 0.4) is 0 Å². The summed E-state index contributed by atoms with van der Waals surface area (Å²) >= 11 is 0. The Morgan fingerprint density at radius 2 is 2.12 bits per heavy atom. The molecule has 1 fully saturated rings. The molecule has 0 amide bonds. The lowest BCUT2D eigenvalue weighted by Crippen LogP contribution is -2.34. The first-order chi connectivity index (χ1) is 8.08. The third-order valence-corrected chi connectivity index (χ3v) is 3.95. The van der Waals surface area contributed by atoms with Gasteiger partial charge in [-0.2, -0.15) is 0 Å². The van der Waals surface area contributed by atoms with Crippen LogP contribution in [-0.4, -0.2) is 6.04 Å². The zero-order valence-corrected chi connectivity index (χ0v) is 10.1. The Balaban J connectivity index is 2.04. The molecule has 3 unspecified atom stereocenters. The number of rotatable bonds is 3. The Bertz CT molecular complexity index is 392. The summed E-state index contributed by atoms with van der Waals surface area (Å²) in [5.41, 5.74) is 6.67. The molecule has 3 heteroatoms. The summed E-state index contributed by atoms with van der Waals surface area (Å²) in [4.78, 5) is 0. The maximum absolute atomic E-state index is 13.5. The summed E-state index contributed by atoms with van der Waals surface area (Å²) in [6.07, 6.45) is 4.06. The van der Waals surface area contributed by atoms with Gasteiger partial charge >= 0.3 is 0 Å². The van der Waals surface area contributed by atoms with E-state index in [1.54, 1.807) is 0 Å². The van der Waals surface area contributed by atoms with Gasteiger partial charge in [0, 0.05) is 12.1 Å². The quantitative estimate of drug-likeness (QED) is 0.860. The summed E-state index contributed by atoms with van der Waals surface area (Å²) in [6, 6.07) is 3.71. The molecule has 1 aliphatic rings. The summed E-state index contributed by atoms with van der Waals surface area (Å²) in [6.45, 7) is 2.21. The highest BCUT2D eigenvalue weighted by Gasteiger charge is 2.29. The fourth-order valence-electron chi connectivity index (χ4n) is 2.90. The molecule has 94 valence electrons. The lowest BCUT2D eigenvalue weighted by molar-refractivity contribution is 0.341. The van der Waals surface area contributed by atoms with Gasteiger partial charge in [-0.05, 0) is 36.3 Å². The summed E-state index contributed by atoms with van der Waals surface area (Å²) in [5, 5.41) is 0. The van der Waals surface area contributed by atoms with E-state index < -0.39 is 11.6 Å². The molecule has 1 nitrogen and oxygen atoms in total. The molecule has 17 heavy (non-hydrogen) atoms. The Kier molecular flexibility index (Phi) is 3.77. The molecule has 0 bridgehead atoms. The second-order valence-corrected chi connectivity index (χ2v) is 5.18. The van der Waals surface area contributed by atoms with E-state index in [-0.39, 0.29) is 6.04 Å². The third kappa shape index (κ3) is 2.83. The third-order valence-electron chi connectivity index (χ3n) is 3.95. The molecular weight excluding hydrogens is 220 g/mol. The highest BCUT2D eigenvalue weighted by Crippen LogP contribution is 2.34. The van der Waals surface area contributed by atoms with E-state index >= 15 is 0 Å². The maximum Gasteiger partial charge on any atom is 0.129 e. The predicted molar refractivity (Wildman–Crippen MR) is 64.5 cm³/mol. The van der Waals surface area contributed by atoms with E-state index in [1.165, 1.54) is 25.0 Å². The molecule has 3 atom stereocenters. The van der Waals surface area contributed by atoms with Crippen LogP contribution in [-0.2, 0) is 6.42 Å². The van der Waals surface area contributed by atoms with E-state index in [2.05, 4.69) is 6.92 Å². The van der Waals surface area contributed by atoms with Crippen molar-refractivity contribution in [3.05, 3.63) is 35.4 Å². The number of benzene rings is 1. The minimum atomic E-state index is -0.533. The average Bonchev–Trinajstić information content (AvgIpc) is 2.68. The summed E-state index contributed by atoms with van der Waals surface area (Å²) in [5.74, 6) is 0.0770. The van der Waals surface area contributed by atoms with Gasteiger partial charge in [-0.25, -0.2) is 8.78 Å². The normalized spacial score (nSPS) is 26.1. The van der Waals surface area contributed by atoms with Gasteiger partial charge < -0.3 is 5.73 Å². The number of hydrogen-bond acceptors (Lipinski definition) is 1. The van der Waals surface area contributed by atoms with Crippen molar-refractivity contribution in [2.75, 3.05) is 0 Å². The van der Waals surface area contributed by atoms with Gasteiger partial charge in [0.1, 0.15) is 11.6 Å². The smallest absolute Gasteiger partial charge is 0.129 e. The molecular formula is C14H19F2N. The second-order valence-electron chi connectivity index (χ2n) is 5.18. The molecule has 0 saturated heterocycles. The zero-order chi connectivity index (χ0) is 12.4. The van der Waals surface area contributed by atoms with Crippen LogP contribution in [0.4, 0.5) is 8.78 Å². The Morgan fingerprint density at radius 3 is 2.71 bits per heavy atom. The predicted octanol–water partition coefficient (Wildman–Crippen LogP) is 3.27. The van der Waals surface area contributed by atoms with Gasteiger partial charge in [0.15, 0.2) is 0 Å². The molecule has 0 aromatic heterocycles. The highest BCUT2D eigenvalue weighted by molar-refractivity contribution is 5.19. The molecule has 1 aromatic rings. The lowest BCUT2D eigenvalue weighted by Gasteiger charge is -2.23. The van der Waals surface area contributed by atoms with Crippen LogP contribution < -0.4 is 5.73 Å². The fraction of sp³-hybridized carbons (Fsp3) is 0.571.